The molecule has 17 heavy (non-hydrogen) atoms. The molecule has 0 saturated heterocycles. The van der Waals surface area contributed by atoms with Crippen LogP contribution in [0.5, 0.6) is 0 Å². The van der Waals surface area contributed by atoms with Crippen LogP contribution in [0.4, 0.5) is 0 Å². The van der Waals surface area contributed by atoms with Gasteiger partial charge in [0.25, 0.3) is 0 Å². The molecule has 0 fully saturated rings. The fourth-order valence-corrected chi connectivity index (χ4v) is 1.24. The molecule has 0 amide bonds. The average molecular weight is 260 g/mol. The second-order valence-corrected chi connectivity index (χ2v) is 3.46. The number of hydrogen-bond acceptors (Lipinski definition) is 4. The standard InChI is InChI=1S/C12H17NO3.ClH/c1-15-12(14)11(13)7-8-16-9-10-5-3-2-4-6-10;/h2-6,11H,7-9,13H2,1H3;1H/t11-;/m0./s1. The van der Waals surface area contributed by atoms with E-state index in [1.807, 2.05) is 30.3 Å². The number of halogens is 1. The molecule has 0 radical (unpaired) electrons. The van der Waals surface area contributed by atoms with Crippen molar-refractivity contribution in [1.29, 1.82) is 0 Å². The van der Waals surface area contributed by atoms with Gasteiger partial charge in [-0.1, -0.05) is 30.3 Å². The van der Waals surface area contributed by atoms with Crippen LogP contribution in [-0.4, -0.2) is 25.7 Å². The van der Waals surface area contributed by atoms with E-state index in [2.05, 4.69) is 4.74 Å². The molecule has 1 atom stereocenters. The van der Waals surface area contributed by atoms with Gasteiger partial charge in [-0.2, -0.15) is 0 Å². The van der Waals surface area contributed by atoms with Gasteiger partial charge in [0.2, 0.25) is 0 Å². The highest BCUT2D eigenvalue weighted by molar-refractivity contribution is 5.85. The van der Waals surface area contributed by atoms with Crippen molar-refractivity contribution in [1.82, 2.24) is 0 Å². The monoisotopic (exact) mass is 259 g/mol. The molecule has 0 aliphatic carbocycles. The summed E-state index contributed by atoms with van der Waals surface area (Å²) in [6.07, 6.45) is 0.472. The highest BCUT2D eigenvalue weighted by Gasteiger charge is 2.12. The molecule has 96 valence electrons. The maximum absolute atomic E-state index is 11.0. The Balaban J connectivity index is 0.00000256. The van der Waals surface area contributed by atoms with Gasteiger partial charge in [0.15, 0.2) is 0 Å². The van der Waals surface area contributed by atoms with Gasteiger partial charge in [0.1, 0.15) is 6.04 Å². The van der Waals surface area contributed by atoms with Crippen LogP contribution in [0, 0.1) is 0 Å². The Hall–Kier alpha value is -1.10. The number of benzene rings is 1. The van der Waals surface area contributed by atoms with Gasteiger partial charge in [-0.3, -0.25) is 4.79 Å². The van der Waals surface area contributed by atoms with Crippen LogP contribution < -0.4 is 5.73 Å². The number of rotatable bonds is 6. The normalized spacial score (nSPS) is 11.4. The van der Waals surface area contributed by atoms with Crippen molar-refractivity contribution in [2.24, 2.45) is 5.73 Å². The van der Waals surface area contributed by atoms with Gasteiger partial charge in [-0.05, 0) is 12.0 Å². The molecule has 1 aromatic carbocycles. The highest BCUT2D eigenvalue weighted by Crippen LogP contribution is 2.01. The first-order valence-corrected chi connectivity index (χ1v) is 5.19. The lowest BCUT2D eigenvalue weighted by atomic mass is 10.2. The zero-order chi connectivity index (χ0) is 11.8. The van der Waals surface area contributed by atoms with Crippen LogP contribution >= 0.6 is 12.4 Å². The smallest absolute Gasteiger partial charge is 0.322 e. The minimum absolute atomic E-state index is 0. The zero-order valence-corrected chi connectivity index (χ0v) is 10.6. The molecule has 0 aliphatic rings. The summed E-state index contributed by atoms with van der Waals surface area (Å²) in [4.78, 5) is 11.0. The molecule has 1 aromatic rings. The van der Waals surface area contributed by atoms with Gasteiger partial charge >= 0.3 is 5.97 Å². The Labute approximate surface area is 108 Å². The summed E-state index contributed by atoms with van der Waals surface area (Å²) in [5, 5.41) is 0. The lowest BCUT2D eigenvalue weighted by Crippen LogP contribution is -2.32. The number of hydrogen-bond donors (Lipinski definition) is 1. The summed E-state index contributed by atoms with van der Waals surface area (Å²) in [5.41, 5.74) is 6.66. The van der Waals surface area contributed by atoms with Crippen molar-refractivity contribution in [3.8, 4) is 0 Å². The summed E-state index contributed by atoms with van der Waals surface area (Å²) in [6.45, 7) is 0.986. The molecule has 0 saturated carbocycles. The number of carbonyl (C=O) groups excluding carboxylic acids is 1. The molecule has 0 unspecified atom stereocenters. The van der Waals surface area contributed by atoms with Crippen LogP contribution in [0.3, 0.4) is 0 Å². The second kappa shape index (κ2) is 8.98. The van der Waals surface area contributed by atoms with Crippen molar-refractivity contribution in [2.75, 3.05) is 13.7 Å². The van der Waals surface area contributed by atoms with E-state index in [1.165, 1.54) is 7.11 Å². The van der Waals surface area contributed by atoms with Gasteiger partial charge in [0.05, 0.1) is 13.7 Å². The van der Waals surface area contributed by atoms with Crippen LogP contribution in [0.25, 0.3) is 0 Å². The first-order valence-electron chi connectivity index (χ1n) is 5.19. The molecule has 0 aliphatic heterocycles. The van der Waals surface area contributed by atoms with E-state index >= 15 is 0 Å². The van der Waals surface area contributed by atoms with E-state index in [4.69, 9.17) is 10.5 Å². The highest BCUT2D eigenvalue weighted by atomic mass is 35.5. The molecule has 0 bridgehead atoms. The number of ether oxygens (including phenoxy) is 2. The minimum atomic E-state index is -0.597. The third-order valence-corrected chi connectivity index (χ3v) is 2.19. The Bertz CT molecular complexity index is 319. The van der Waals surface area contributed by atoms with Gasteiger partial charge < -0.3 is 15.2 Å². The number of nitrogens with two attached hydrogens (primary N) is 1. The molecule has 1 rings (SSSR count). The molecule has 5 heteroatoms. The van der Waals surface area contributed by atoms with E-state index < -0.39 is 12.0 Å². The quantitative estimate of drug-likeness (QED) is 0.622. The van der Waals surface area contributed by atoms with E-state index in [-0.39, 0.29) is 12.4 Å². The first-order chi connectivity index (χ1) is 7.74. The lowest BCUT2D eigenvalue weighted by Gasteiger charge is -2.09. The number of esters is 1. The van der Waals surface area contributed by atoms with Crippen molar-refractivity contribution in [3.63, 3.8) is 0 Å². The zero-order valence-electron chi connectivity index (χ0n) is 9.80. The predicted octanol–water partition coefficient (Wildman–Crippen LogP) is 1.52. The van der Waals surface area contributed by atoms with Crippen LogP contribution in [0.2, 0.25) is 0 Å². The molecule has 2 N–H and O–H groups in total. The third-order valence-electron chi connectivity index (χ3n) is 2.19. The van der Waals surface area contributed by atoms with Gasteiger partial charge in [0, 0.05) is 6.61 Å². The van der Waals surface area contributed by atoms with E-state index in [9.17, 15) is 4.79 Å². The summed E-state index contributed by atoms with van der Waals surface area (Å²) < 4.78 is 9.91. The summed E-state index contributed by atoms with van der Waals surface area (Å²) in [7, 11) is 1.33. The minimum Gasteiger partial charge on any atom is -0.468 e. The molecule has 0 heterocycles. The number of carbonyl (C=O) groups is 1. The average Bonchev–Trinajstić information content (AvgIpc) is 2.34. The summed E-state index contributed by atoms with van der Waals surface area (Å²) in [6, 6.07) is 9.25. The predicted molar refractivity (Wildman–Crippen MR) is 68.0 cm³/mol. The molecule has 0 spiro atoms. The fourth-order valence-electron chi connectivity index (χ4n) is 1.24. The van der Waals surface area contributed by atoms with Crippen molar-refractivity contribution >= 4 is 18.4 Å². The van der Waals surface area contributed by atoms with Crippen LogP contribution in [-0.2, 0) is 20.9 Å². The van der Waals surface area contributed by atoms with Crippen LogP contribution in [0.1, 0.15) is 12.0 Å². The Morgan fingerprint density at radius 3 is 2.59 bits per heavy atom. The molecule has 4 nitrogen and oxygen atoms in total. The van der Waals surface area contributed by atoms with Crippen molar-refractivity contribution in [2.45, 2.75) is 19.1 Å². The molecular weight excluding hydrogens is 242 g/mol. The molecule has 0 aromatic heterocycles. The largest absolute Gasteiger partial charge is 0.468 e. The maximum atomic E-state index is 11.0. The van der Waals surface area contributed by atoms with Crippen molar-refractivity contribution < 1.29 is 14.3 Å². The van der Waals surface area contributed by atoms with Crippen molar-refractivity contribution in [3.05, 3.63) is 35.9 Å². The van der Waals surface area contributed by atoms with Gasteiger partial charge in [-0.25, -0.2) is 0 Å². The lowest BCUT2D eigenvalue weighted by molar-refractivity contribution is -0.142. The Morgan fingerprint density at radius 1 is 1.35 bits per heavy atom. The van der Waals surface area contributed by atoms with Gasteiger partial charge in [-0.15, -0.1) is 12.4 Å². The van der Waals surface area contributed by atoms with E-state index in [1.54, 1.807) is 0 Å². The third kappa shape index (κ3) is 6.26. The number of methoxy groups -OCH3 is 1. The summed E-state index contributed by atoms with van der Waals surface area (Å²) >= 11 is 0. The molecular formula is C12H18ClNO3. The fraction of sp³-hybridized carbons (Fsp3) is 0.417. The summed E-state index contributed by atoms with van der Waals surface area (Å²) in [5.74, 6) is -0.400. The first kappa shape index (κ1) is 15.9. The Kier molecular flexibility index (Phi) is 8.40. The van der Waals surface area contributed by atoms with Crippen LogP contribution in [0.15, 0.2) is 30.3 Å². The topological polar surface area (TPSA) is 61.5 Å². The maximum Gasteiger partial charge on any atom is 0.322 e. The SMILES string of the molecule is COC(=O)[C@@H](N)CCOCc1ccccc1.Cl. The Morgan fingerprint density at radius 2 is 2.00 bits per heavy atom. The van der Waals surface area contributed by atoms with E-state index in [0.717, 1.165) is 5.56 Å². The second-order valence-electron chi connectivity index (χ2n) is 3.46. The van der Waals surface area contributed by atoms with E-state index in [0.29, 0.717) is 19.6 Å².